The number of methoxy groups -OCH3 is 2. The van der Waals surface area contributed by atoms with Crippen molar-refractivity contribution in [2.45, 2.75) is 11.0 Å². The molecule has 1 aromatic carbocycles. The second-order valence-electron chi connectivity index (χ2n) is 3.85. The van der Waals surface area contributed by atoms with Crippen molar-refractivity contribution < 1.29 is 22.3 Å². The van der Waals surface area contributed by atoms with E-state index >= 15 is 0 Å². The summed E-state index contributed by atoms with van der Waals surface area (Å²) in [6.07, 6.45) is -0.418. The van der Waals surface area contributed by atoms with Gasteiger partial charge in [-0.05, 0) is 18.2 Å². The van der Waals surface area contributed by atoms with E-state index in [1.165, 1.54) is 26.4 Å². The zero-order valence-electron chi connectivity index (χ0n) is 10.7. The predicted molar refractivity (Wildman–Crippen MR) is 68.7 cm³/mol. The Labute approximate surface area is 111 Å². The van der Waals surface area contributed by atoms with Crippen molar-refractivity contribution >= 4 is 15.7 Å². The van der Waals surface area contributed by atoms with E-state index in [0.717, 1.165) is 6.07 Å². The molecular formula is C11H17FN2O4S. The lowest BCUT2D eigenvalue weighted by Gasteiger charge is -2.15. The summed E-state index contributed by atoms with van der Waals surface area (Å²) < 4.78 is 49.2. The van der Waals surface area contributed by atoms with Gasteiger partial charge in [-0.3, -0.25) is 0 Å². The van der Waals surface area contributed by atoms with Crippen LogP contribution in [0.5, 0.6) is 0 Å². The Morgan fingerprint density at radius 1 is 1.42 bits per heavy atom. The van der Waals surface area contributed by atoms with Gasteiger partial charge >= 0.3 is 0 Å². The fourth-order valence-corrected chi connectivity index (χ4v) is 2.43. The zero-order valence-corrected chi connectivity index (χ0v) is 11.5. The van der Waals surface area contributed by atoms with Crippen LogP contribution >= 0.6 is 0 Å². The molecular weight excluding hydrogens is 275 g/mol. The first-order valence-corrected chi connectivity index (χ1v) is 6.95. The monoisotopic (exact) mass is 292 g/mol. The highest BCUT2D eigenvalue weighted by molar-refractivity contribution is 7.89. The Morgan fingerprint density at radius 3 is 2.63 bits per heavy atom. The molecule has 0 heterocycles. The minimum absolute atomic E-state index is 0.0265. The highest BCUT2D eigenvalue weighted by Gasteiger charge is 2.18. The van der Waals surface area contributed by atoms with Crippen LogP contribution in [-0.2, 0) is 19.5 Å². The quantitative estimate of drug-likeness (QED) is 0.708. The Bertz CT molecular complexity index is 521. The molecule has 0 saturated carbocycles. The van der Waals surface area contributed by atoms with Crippen LogP contribution in [0, 0.1) is 5.82 Å². The highest BCUT2D eigenvalue weighted by Crippen LogP contribution is 2.16. The standard InChI is InChI=1S/C11H17FN2O4S/c1-17-7-8(18-2)6-14-19(15,16)9-3-4-11(13)10(12)5-9/h3-5,8,14H,6-7,13H2,1-2H3. The lowest BCUT2D eigenvalue weighted by atomic mass is 10.3. The first kappa shape index (κ1) is 15.8. The van der Waals surface area contributed by atoms with Crippen molar-refractivity contribution in [2.24, 2.45) is 0 Å². The molecule has 1 rings (SSSR count). The Hall–Kier alpha value is -1.22. The largest absolute Gasteiger partial charge is 0.396 e. The molecule has 19 heavy (non-hydrogen) atoms. The van der Waals surface area contributed by atoms with Crippen LogP contribution in [0.4, 0.5) is 10.1 Å². The summed E-state index contributed by atoms with van der Waals surface area (Å²) in [4.78, 5) is -0.188. The molecule has 1 atom stereocenters. The normalized spacial score (nSPS) is 13.4. The van der Waals surface area contributed by atoms with Crippen LogP contribution in [0.1, 0.15) is 0 Å². The molecule has 8 heteroatoms. The first-order valence-electron chi connectivity index (χ1n) is 5.47. The summed E-state index contributed by atoms with van der Waals surface area (Å²) in [5, 5.41) is 0. The average Bonchev–Trinajstić information content (AvgIpc) is 2.37. The number of benzene rings is 1. The van der Waals surface area contributed by atoms with Gasteiger partial charge in [-0.25, -0.2) is 17.5 Å². The zero-order chi connectivity index (χ0) is 14.5. The van der Waals surface area contributed by atoms with E-state index in [2.05, 4.69) is 4.72 Å². The van der Waals surface area contributed by atoms with Crippen LogP contribution in [0.3, 0.4) is 0 Å². The van der Waals surface area contributed by atoms with E-state index < -0.39 is 21.9 Å². The summed E-state index contributed by atoms with van der Waals surface area (Å²) in [6, 6.07) is 3.31. The third kappa shape index (κ3) is 4.43. The number of nitrogen functional groups attached to an aromatic ring is 1. The lowest BCUT2D eigenvalue weighted by molar-refractivity contribution is 0.0320. The first-order chi connectivity index (χ1) is 8.90. The molecule has 0 amide bonds. The van der Waals surface area contributed by atoms with E-state index in [0.29, 0.717) is 0 Å². The second-order valence-corrected chi connectivity index (χ2v) is 5.62. The number of anilines is 1. The molecule has 0 bridgehead atoms. The van der Waals surface area contributed by atoms with Gasteiger partial charge in [0.25, 0.3) is 0 Å². The number of hydrogen-bond donors (Lipinski definition) is 2. The van der Waals surface area contributed by atoms with Gasteiger partial charge in [0.1, 0.15) is 5.82 Å². The molecule has 0 fully saturated rings. The fraction of sp³-hybridized carbons (Fsp3) is 0.455. The summed E-state index contributed by atoms with van der Waals surface area (Å²) in [6.45, 7) is 0.272. The fourth-order valence-electron chi connectivity index (χ4n) is 1.36. The molecule has 108 valence electrons. The minimum atomic E-state index is -3.80. The van der Waals surface area contributed by atoms with E-state index in [4.69, 9.17) is 15.2 Å². The number of hydrogen-bond acceptors (Lipinski definition) is 5. The van der Waals surface area contributed by atoms with Gasteiger partial charge in [0.2, 0.25) is 10.0 Å². The van der Waals surface area contributed by atoms with Gasteiger partial charge in [0.05, 0.1) is 23.3 Å². The Balaban J connectivity index is 2.78. The second kappa shape index (κ2) is 6.80. The SMILES string of the molecule is COCC(CNS(=O)(=O)c1ccc(N)c(F)c1)OC. The molecule has 3 N–H and O–H groups in total. The van der Waals surface area contributed by atoms with Crippen molar-refractivity contribution in [1.82, 2.24) is 4.72 Å². The van der Waals surface area contributed by atoms with Crippen molar-refractivity contribution in [3.8, 4) is 0 Å². The molecule has 1 aromatic rings. The van der Waals surface area contributed by atoms with Crippen LogP contribution < -0.4 is 10.5 Å². The number of nitrogens with two attached hydrogens (primary N) is 1. The van der Waals surface area contributed by atoms with E-state index in [1.807, 2.05) is 0 Å². The van der Waals surface area contributed by atoms with Crippen LogP contribution in [0.2, 0.25) is 0 Å². The molecule has 0 aromatic heterocycles. The van der Waals surface area contributed by atoms with Gasteiger partial charge in [-0.1, -0.05) is 0 Å². The van der Waals surface area contributed by atoms with Crippen molar-refractivity contribution in [2.75, 3.05) is 33.1 Å². The summed E-state index contributed by atoms with van der Waals surface area (Å²) in [5.41, 5.74) is 5.18. The molecule has 0 radical (unpaired) electrons. The van der Waals surface area contributed by atoms with Gasteiger partial charge in [0.15, 0.2) is 0 Å². The van der Waals surface area contributed by atoms with Gasteiger partial charge in [-0.15, -0.1) is 0 Å². The number of rotatable bonds is 7. The Morgan fingerprint density at radius 2 is 2.11 bits per heavy atom. The van der Waals surface area contributed by atoms with Crippen molar-refractivity contribution in [3.05, 3.63) is 24.0 Å². The van der Waals surface area contributed by atoms with E-state index in [9.17, 15) is 12.8 Å². The molecule has 0 saturated heterocycles. The molecule has 0 aliphatic heterocycles. The van der Waals surface area contributed by atoms with E-state index in [-0.39, 0.29) is 23.7 Å². The topological polar surface area (TPSA) is 90.7 Å². The third-order valence-corrected chi connectivity index (χ3v) is 3.89. The Kier molecular flexibility index (Phi) is 5.67. The van der Waals surface area contributed by atoms with E-state index in [1.54, 1.807) is 0 Å². The summed E-state index contributed by atoms with van der Waals surface area (Å²) >= 11 is 0. The molecule has 0 aliphatic carbocycles. The predicted octanol–water partition coefficient (Wildman–Crippen LogP) is 0.348. The maximum atomic E-state index is 13.2. The van der Waals surface area contributed by atoms with Gasteiger partial charge in [0, 0.05) is 20.8 Å². The maximum Gasteiger partial charge on any atom is 0.240 e. The maximum absolute atomic E-state index is 13.2. The minimum Gasteiger partial charge on any atom is -0.396 e. The van der Waals surface area contributed by atoms with Crippen molar-refractivity contribution in [3.63, 3.8) is 0 Å². The molecule has 0 spiro atoms. The smallest absolute Gasteiger partial charge is 0.240 e. The van der Waals surface area contributed by atoms with Gasteiger partial charge in [-0.2, -0.15) is 0 Å². The van der Waals surface area contributed by atoms with Crippen LogP contribution in [0.15, 0.2) is 23.1 Å². The van der Waals surface area contributed by atoms with Crippen molar-refractivity contribution in [1.29, 1.82) is 0 Å². The van der Waals surface area contributed by atoms with Crippen LogP contribution in [-0.4, -0.2) is 41.9 Å². The molecule has 0 aliphatic rings. The number of ether oxygens (including phenoxy) is 2. The number of sulfonamides is 1. The lowest BCUT2D eigenvalue weighted by Crippen LogP contribution is -2.35. The average molecular weight is 292 g/mol. The molecule has 1 unspecified atom stereocenters. The number of halogens is 1. The highest BCUT2D eigenvalue weighted by atomic mass is 32.2. The third-order valence-electron chi connectivity index (χ3n) is 2.47. The van der Waals surface area contributed by atoms with Crippen LogP contribution in [0.25, 0.3) is 0 Å². The molecule has 6 nitrogen and oxygen atoms in total. The summed E-state index contributed by atoms with van der Waals surface area (Å²) in [7, 11) is -0.877. The summed E-state index contributed by atoms with van der Waals surface area (Å²) in [5.74, 6) is -0.775. The number of nitrogens with one attached hydrogen (secondary N) is 1. The van der Waals surface area contributed by atoms with Gasteiger partial charge < -0.3 is 15.2 Å².